The maximum absolute atomic E-state index is 13.4. The van der Waals surface area contributed by atoms with Gasteiger partial charge in [0, 0.05) is 0 Å². The number of nitrogens with one attached hydrogen (secondary N) is 1. The van der Waals surface area contributed by atoms with Crippen LogP contribution in [0.2, 0.25) is 0 Å². The first-order valence-corrected chi connectivity index (χ1v) is 6.77. The Hall–Kier alpha value is -1.82. The van der Waals surface area contributed by atoms with E-state index in [1.807, 2.05) is 13.8 Å². The molecule has 1 heterocycles. The Bertz CT molecular complexity index is 579. The molecule has 0 aliphatic rings. The number of benzene rings is 1. The molecule has 2 rings (SSSR count). The molecule has 5 nitrogen and oxygen atoms in total. The van der Waals surface area contributed by atoms with Crippen molar-refractivity contribution in [2.45, 2.75) is 33.7 Å². The SMILES string of the molecule is Cc1ccc(F)cc1-n1nnnc1C(C)NCC(C)C. The number of aryl methyl sites for hydroxylation is 1. The van der Waals surface area contributed by atoms with E-state index >= 15 is 0 Å². The van der Waals surface area contributed by atoms with Gasteiger partial charge < -0.3 is 5.32 Å². The molecule has 6 heteroatoms. The van der Waals surface area contributed by atoms with E-state index in [1.165, 1.54) is 12.1 Å². The van der Waals surface area contributed by atoms with E-state index < -0.39 is 0 Å². The molecule has 1 unspecified atom stereocenters. The first-order valence-electron chi connectivity index (χ1n) is 6.77. The van der Waals surface area contributed by atoms with E-state index in [4.69, 9.17) is 0 Å². The predicted molar refractivity (Wildman–Crippen MR) is 75.1 cm³/mol. The van der Waals surface area contributed by atoms with Crippen molar-refractivity contribution in [3.63, 3.8) is 0 Å². The highest BCUT2D eigenvalue weighted by molar-refractivity contribution is 5.40. The van der Waals surface area contributed by atoms with Gasteiger partial charge in [0.15, 0.2) is 5.82 Å². The van der Waals surface area contributed by atoms with E-state index in [0.29, 0.717) is 17.4 Å². The number of aromatic nitrogens is 4. The van der Waals surface area contributed by atoms with Gasteiger partial charge in [-0.05, 0) is 54.4 Å². The molecule has 1 aromatic heterocycles. The van der Waals surface area contributed by atoms with E-state index in [2.05, 4.69) is 34.7 Å². The van der Waals surface area contributed by atoms with Crippen LogP contribution in [0.15, 0.2) is 18.2 Å². The molecule has 0 amide bonds. The van der Waals surface area contributed by atoms with Crippen LogP contribution in [-0.4, -0.2) is 26.8 Å². The van der Waals surface area contributed by atoms with Crippen LogP contribution in [0.25, 0.3) is 5.69 Å². The molecule has 1 N–H and O–H groups in total. The number of hydrogen-bond donors (Lipinski definition) is 1. The van der Waals surface area contributed by atoms with Gasteiger partial charge in [-0.3, -0.25) is 0 Å². The second kappa shape index (κ2) is 6.09. The molecular weight excluding hydrogens is 257 g/mol. The van der Waals surface area contributed by atoms with Gasteiger partial charge in [0.05, 0.1) is 11.7 Å². The van der Waals surface area contributed by atoms with Crippen molar-refractivity contribution in [2.75, 3.05) is 6.54 Å². The molecule has 0 saturated carbocycles. The number of rotatable bonds is 5. The quantitative estimate of drug-likeness (QED) is 0.912. The Kier molecular flexibility index (Phi) is 4.44. The van der Waals surface area contributed by atoms with Crippen LogP contribution in [-0.2, 0) is 0 Å². The monoisotopic (exact) mass is 277 g/mol. The first-order chi connectivity index (χ1) is 9.49. The molecule has 0 bridgehead atoms. The Morgan fingerprint density at radius 3 is 2.75 bits per heavy atom. The third-order valence-electron chi connectivity index (χ3n) is 3.11. The minimum absolute atomic E-state index is 0.00457. The van der Waals surface area contributed by atoms with Crippen molar-refractivity contribution >= 4 is 0 Å². The summed E-state index contributed by atoms with van der Waals surface area (Å²) in [5.41, 5.74) is 1.60. The van der Waals surface area contributed by atoms with Crippen LogP contribution >= 0.6 is 0 Å². The fraction of sp³-hybridized carbons (Fsp3) is 0.500. The molecule has 1 aromatic carbocycles. The second-order valence-electron chi connectivity index (χ2n) is 5.40. The van der Waals surface area contributed by atoms with Crippen LogP contribution in [0.5, 0.6) is 0 Å². The van der Waals surface area contributed by atoms with E-state index in [-0.39, 0.29) is 11.9 Å². The molecular formula is C14H20FN5. The van der Waals surface area contributed by atoms with Gasteiger partial charge in [0.25, 0.3) is 0 Å². The van der Waals surface area contributed by atoms with Gasteiger partial charge in [-0.2, -0.15) is 4.68 Å². The predicted octanol–water partition coefficient (Wildman–Crippen LogP) is 2.42. The maximum Gasteiger partial charge on any atom is 0.173 e. The summed E-state index contributed by atoms with van der Waals surface area (Å²) >= 11 is 0. The van der Waals surface area contributed by atoms with Crippen LogP contribution in [0.4, 0.5) is 4.39 Å². The molecule has 0 saturated heterocycles. The Morgan fingerprint density at radius 2 is 2.05 bits per heavy atom. The molecule has 1 atom stereocenters. The van der Waals surface area contributed by atoms with Crippen LogP contribution in [0.1, 0.15) is 38.2 Å². The van der Waals surface area contributed by atoms with Gasteiger partial charge in [0.2, 0.25) is 0 Å². The molecule has 0 aliphatic carbocycles. The average Bonchev–Trinajstić information content (AvgIpc) is 2.88. The first kappa shape index (κ1) is 14.6. The largest absolute Gasteiger partial charge is 0.307 e. The number of halogens is 1. The van der Waals surface area contributed by atoms with Crippen LogP contribution in [0.3, 0.4) is 0 Å². The smallest absolute Gasteiger partial charge is 0.173 e. The number of hydrogen-bond acceptors (Lipinski definition) is 4. The highest BCUT2D eigenvalue weighted by atomic mass is 19.1. The normalized spacial score (nSPS) is 12.9. The molecule has 0 aliphatic heterocycles. The third-order valence-corrected chi connectivity index (χ3v) is 3.11. The van der Waals surface area contributed by atoms with E-state index in [1.54, 1.807) is 10.7 Å². The van der Waals surface area contributed by atoms with Crippen molar-refractivity contribution in [3.8, 4) is 5.69 Å². The van der Waals surface area contributed by atoms with Gasteiger partial charge >= 0.3 is 0 Å². The Morgan fingerprint density at radius 1 is 1.30 bits per heavy atom. The summed E-state index contributed by atoms with van der Waals surface area (Å²) in [7, 11) is 0. The summed E-state index contributed by atoms with van der Waals surface area (Å²) in [5.74, 6) is 0.923. The van der Waals surface area contributed by atoms with Gasteiger partial charge in [-0.1, -0.05) is 19.9 Å². The highest BCUT2D eigenvalue weighted by Crippen LogP contribution is 2.18. The lowest BCUT2D eigenvalue weighted by Gasteiger charge is -2.15. The fourth-order valence-electron chi connectivity index (χ4n) is 1.95. The summed E-state index contributed by atoms with van der Waals surface area (Å²) in [5, 5.41) is 15.1. The van der Waals surface area contributed by atoms with Gasteiger partial charge in [0.1, 0.15) is 5.82 Å². The number of tetrazole rings is 1. The summed E-state index contributed by atoms with van der Waals surface area (Å²) in [6.45, 7) is 9.06. The standard InChI is InChI=1S/C14H20FN5/c1-9(2)8-16-11(4)14-17-18-19-20(14)13-7-12(15)6-5-10(13)3/h5-7,9,11,16H,8H2,1-4H3. The van der Waals surface area contributed by atoms with Crippen molar-refractivity contribution in [3.05, 3.63) is 35.4 Å². The zero-order valence-corrected chi connectivity index (χ0v) is 12.3. The van der Waals surface area contributed by atoms with Gasteiger partial charge in [-0.25, -0.2) is 4.39 Å². The molecule has 108 valence electrons. The van der Waals surface area contributed by atoms with Gasteiger partial charge in [-0.15, -0.1) is 5.10 Å². The van der Waals surface area contributed by atoms with Crippen molar-refractivity contribution in [1.29, 1.82) is 0 Å². The van der Waals surface area contributed by atoms with Crippen molar-refractivity contribution in [2.24, 2.45) is 5.92 Å². The third kappa shape index (κ3) is 3.19. The number of nitrogens with zero attached hydrogens (tertiary/aromatic N) is 4. The molecule has 0 spiro atoms. The van der Waals surface area contributed by atoms with Crippen LogP contribution < -0.4 is 5.32 Å². The summed E-state index contributed by atoms with van der Waals surface area (Å²) in [6, 6.07) is 4.60. The second-order valence-corrected chi connectivity index (χ2v) is 5.40. The zero-order valence-electron chi connectivity index (χ0n) is 12.3. The summed E-state index contributed by atoms with van der Waals surface area (Å²) in [4.78, 5) is 0. The molecule has 20 heavy (non-hydrogen) atoms. The average molecular weight is 277 g/mol. The molecule has 0 fully saturated rings. The van der Waals surface area contributed by atoms with Crippen molar-refractivity contribution in [1.82, 2.24) is 25.5 Å². The topological polar surface area (TPSA) is 55.6 Å². The van der Waals surface area contributed by atoms with E-state index in [9.17, 15) is 4.39 Å². The lowest BCUT2D eigenvalue weighted by Crippen LogP contribution is -2.26. The summed E-state index contributed by atoms with van der Waals surface area (Å²) < 4.78 is 15.0. The maximum atomic E-state index is 13.4. The van der Waals surface area contributed by atoms with Crippen LogP contribution in [0, 0.1) is 18.7 Å². The zero-order chi connectivity index (χ0) is 14.7. The lowest BCUT2D eigenvalue weighted by atomic mass is 10.2. The Balaban J connectivity index is 2.30. The highest BCUT2D eigenvalue weighted by Gasteiger charge is 2.17. The minimum atomic E-state index is -0.296. The lowest BCUT2D eigenvalue weighted by molar-refractivity contribution is 0.474. The molecule has 0 radical (unpaired) electrons. The van der Waals surface area contributed by atoms with Crippen molar-refractivity contribution < 1.29 is 4.39 Å². The Labute approximate surface area is 118 Å². The van der Waals surface area contributed by atoms with E-state index in [0.717, 1.165) is 12.1 Å². The fourth-order valence-corrected chi connectivity index (χ4v) is 1.95. The minimum Gasteiger partial charge on any atom is -0.307 e. The molecule has 2 aromatic rings. The summed E-state index contributed by atoms with van der Waals surface area (Å²) in [6.07, 6.45) is 0.